The van der Waals surface area contributed by atoms with Crippen molar-refractivity contribution in [2.24, 2.45) is 7.05 Å². The second-order valence-corrected chi connectivity index (χ2v) is 6.09. The van der Waals surface area contributed by atoms with E-state index in [9.17, 15) is 4.79 Å². The van der Waals surface area contributed by atoms with Crippen LogP contribution in [-0.2, 0) is 13.5 Å². The zero-order valence-electron chi connectivity index (χ0n) is 9.31. The topological polar surface area (TPSA) is 46.9 Å². The molecule has 0 aromatic carbocycles. The van der Waals surface area contributed by atoms with Gasteiger partial charge in [0.25, 0.3) is 5.91 Å². The van der Waals surface area contributed by atoms with Crippen molar-refractivity contribution in [2.75, 3.05) is 6.54 Å². The fourth-order valence-electron chi connectivity index (χ4n) is 1.44. The van der Waals surface area contributed by atoms with Crippen molar-refractivity contribution in [1.29, 1.82) is 0 Å². The summed E-state index contributed by atoms with van der Waals surface area (Å²) >= 11 is 4.77. The van der Waals surface area contributed by atoms with Crippen molar-refractivity contribution in [3.8, 4) is 0 Å². The average Bonchev–Trinajstić information content (AvgIpc) is 2.88. The van der Waals surface area contributed by atoms with E-state index in [1.807, 2.05) is 31.6 Å². The van der Waals surface area contributed by atoms with Gasteiger partial charge in [-0.25, -0.2) is 0 Å². The number of aryl methyl sites for hydroxylation is 1. The van der Waals surface area contributed by atoms with Gasteiger partial charge in [-0.15, -0.1) is 11.3 Å². The van der Waals surface area contributed by atoms with E-state index in [-0.39, 0.29) is 5.91 Å². The van der Waals surface area contributed by atoms with Gasteiger partial charge in [-0.1, -0.05) is 0 Å². The third kappa shape index (κ3) is 3.41. The smallest absolute Gasteiger partial charge is 0.261 e. The molecule has 0 spiro atoms. The molecule has 2 rings (SSSR count). The molecule has 0 atom stereocenters. The Morgan fingerprint density at radius 3 is 3.00 bits per heavy atom. The molecule has 0 bridgehead atoms. The molecule has 0 saturated carbocycles. The zero-order valence-corrected chi connectivity index (χ0v) is 11.7. The van der Waals surface area contributed by atoms with Crippen LogP contribution in [0.25, 0.3) is 0 Å². The number of aromatic nitrogens is 2. The van der Waals surface area contributed by atoms with Crippen LogP contribution in [-0.4, -0.2) is 22.2 Å². The van der Waals surface area contributed by atoms with E-state index in [4.69, 9.17) is 0 Å². The molecule has 4 nitrogen and oxygen atoms in total. The van der Waals surface area contributed by atoms with Crippen LogP contribution in [0.3, 0.4) is 0 Å². The maximum atomic E-state index is 11.7. The van der Waals surface area contributed by atoms with Crippen molar-refractivity contribution in [3.63, 3.8) is 0 Å². The summed E-state index contributed by atoms with van der Waals surface area (Å²) in [5, 5.41) is 6.96. The Morgan fingerprint density at radius 2 is 2.41 bits per heavy atom. The number of nitrogens with zero attached hydrogens (tertiary/aromatic N) is 2. The lowest BCUT2D eigenvalue weighted by Crippen LogP contribution is -2.24. The fourth-order valence-corrected chi connectivity index (χ4v) is 2.75. The van der Waals surface area contributed by atoms with Crippen LogP contribution >= 0.6 is 27.3 Å². The molecule has 0 unspecified atom stereocenters. The summed E-state index contributed by atoms with van der Waals surface area (Å²) in [6.07, 6.45) is 4.56. The summed E-state index contributed by atoms with van der Waals surface area (Å²) in [6.45, 7) is 0.625. The van der Waals surface area contributed by atoms with Gasteiger partial charge in [0.05, 0.1) is 14.9 Å². The largest absolute Gasteiger partial charge is 0.351 e. The molecule has 0 aliphatic heterocycles. The van der Waals surface area contributed by atoms with Gasteiger partial charge in [0.1, 0.15) is 0 Å². The molecule has 1 amide bonds. The highest BCUT2D eigenvalue weighted by molar-refractivity contribution is 9.11. The summed E-state index contributed by atoms with van der Waals surface area (Å²) in [5.74, 6) is -0.0235. The Labute approximate surface area is 112 Å². The van der Waals surface area contributed by atoms with Crippen molar-refractivity contribution in [2.45, 2.75) is 6.42 Å². The average molecular weight is 314 g/mol. The van der Waals surface area contributed by atoms with Crippen LogP contribution in [0, 0.1) is 0 Å². The van der Waals surface area contributed by atoms with E-state index < -0.39 is 0 Å². The van der Waals surface area contributed by atoms with Crippen LogP contribution < -0.4 is 5.32 Å². The van der Waals surface area contributed by atoms with Crippen LogP contribution in [0.5, 0.6) is 0 Å². The number of thiophene rings is 1. The molecular formula is C11H12BrN3OS. The van der Waals surface area contributed by atoms with Crippen LogP contribution in [0.1, 0.15) is 15.2 Å². The van der Waals surface area contributed by atoms with Crippen LogP contribution in [0.2, 0.25) is 0 Å². The SMILES string of the molecule is Cn1cc(CCNC(=O)c2ccc(Br)s2)cn1. The van der Waals surface area contributed by atoms with Crippen LogP contribution in [0.15, 0.2) is 28.3 Å². The Balaban J connectivity index is 1.81. The Kier molecular flexibility index (Phi) is 3.96. The minimum absolute atomic E-state index is 0.0235. The standard InChI is InChI=1S/C11H12BrN3OS/c1-15-7-8(6-14-15)4-5-13-11(16)9-2-3-10(12)17-9/h2-3,6-7H,4-5H2,1H3,(H,13,16). The predicted octanol–water partition coefficient (Wildman–Crippen LogP) is 2.22. The summed E-state index contributed by atoms with van der Waals surface area (Å²) in [5.41, 5.74) is 1.13. The number of carbonyl (C=O) groups is 1. The molecule has 6 heteroatoms. The van der Waals surface area contributed by atoms with Gasteiger partial charge >= 0.3 is 0 Å². The van der Waals surface area contributed by atoms with E-state index in [2.05, 4.69) is 26.3 Å². The van der Waals surface area contributed by atoms with Gasteiger partial charge in [-0.3, -0.25) is 9.48 Å². The number of carbonyl (C=O) groups excluding carboxylic acids is 1. The quantitative estimate of drug-likeness (QED) is 0.940. The molecule has 2 aromatic heterocycles. The maximum Gasteiger partial charge on any atom is 0.261 e. The number of nitrogens with one attached hydrogen (secondary N) is 1. The molecule has 0 aliphatic rings. The van der Waals surface area contributed by atoms with Crippen molar-refractivity contribution in [1.82, 2.24) is 15.1 Å². The van der Waals surface area contributed by atoms with E-state index in [1.54, 1.807) is 4.68 Å². The summed E-state index contributed by atoms with van der Waals surface area (Å²) in [7, 11) is 1.88. The second-order valence-electron chi connectivity index (χ2n) is 3.63. The van der Waals surface area contributed by atoms with Crippen molar-refractivity contribution >= 4 is 33.2 Å². The molecule has 0 saturated heterocycles. The first-order chi connectivity index (χ1) is 8.15. The Morgan fingerprint density at radius 1 is 1.59 bits per heavy atom. The zero-order chi connectivity index (χ0) is 12.3. The summed E-state index contributed by atoms with van der Waals surface area (Å²) in [4.78, 5) is 12.4. The lowest BCUT2D eigenvalue weighted by atomic mass is 10.2. The number of amides is 1. The van der Waals surface area contributed by atoms with E-state index >= 15 is 0 Å². The molecule has 2 heterocycles. The van der Waals surface area contributed by atoms with Crippen molar-refractivity contribution in [3.05, 3.63) is 38.8 Å². The van der Waals surface area contributed by atoms with E-state index in [0.717, 1.165) is 20.6 Å². The minimum atomic E-state index is -0.0235. The van der Waals surface area contributed by atoms with Gasteiger partial charge in [-0.2, -0.15) is 5.10 Å². The molecule has 0 radical (unpaired) electrons. The van der Waals surface area contributed by atoms with E-state index in [1.165, 1.54) is 11.3 Å². The highest BCUT2D eigenvalue weighted by atomic mass is 79.9. The van der Waals surface area contributed by atoms with Gasteiger partial charge in [0.15, 0.2) is 0 Å². The third-order valence-electron chi connectivity index (χ3n) is 2.25. The molecule has 0 fully saturated rings. The molecule has 0 aliphatic carbocycles. The van der Waals surface area contributed by atoms with Gasteiger partial charge < -0.3 is 5.32 Å². The highest BCUT2D eigenvalue weighted by Gasteiger charge is 2.07. The first-order valence-electron chi connectivity index (χ1n) is 5.16. The van der Waals surface area contributed by atoms with Crippen molar-refractivity contribution < 1.29 is 4.79 Å². The number of halogens is 1. The highest BCUT2D eigenvalue weighted by Crippen LogP contribution is 2.21. The molecular weight excluding hydrogens is 302 g/mol. The predicted molar refractivity (Wildman–Crippen MR) is 71.3 cm³/mol. The number of hydrogen-bond donors (Lipinski definition) is 1. The molecule has 2 aromatic rings. The Bertz CT molecular complexity index is 520. The van der Waals surface area contributed by atoms with Gasteiger partial charge in [-0.05, 0) is 40.0 Å². The number of hydrogen-bond acceptors (Lipinski definition) is 3. The second kappa shape index (κ2) is 5.46. The monoisotopic (exact) mass is 313 g/mol. The van der Waals surface area contributed by atoms with Gasteiger partial charge in [0, 0.05) is 19.8 Å². The van der Waals surface area contributed by atoms with Crippen LogP contribution in [0.4, 0.5) is 0 Å². The maximum absolute atomic E-state index is 11.7. The summed E-state index contributed by atoms with van der Waals surface area (Å²) in [6, 6.07) is 3.69. The first kappa shape index (κ1) is 12.3. The Hall–Kier alpha value is -1.14. The molecule has 1 N–H and O–H groups in total. The lowest BCUT2D eigenvalue weighted by Gasteiger charge is -2.01. The molecule has 17 heavy (non-hydrogen) atoms. The fraction of sp³-hybridized carbons (Fsp3) is 0.273. The summed E-state index contributed by atoms with van der Waals surface area (Å²) < 4.78 is 2.72. The minimum Gasteiger partial charge on any atom is -0.351 e. The molecule has 90 valence electrons. The first-order valence-corrected chi connectivity index (χ1v) is 6.77. The lowest BCUT2D eigenvalue weighted by molar-refractivity contribution is 0.0958. The number of rotatable bonds is 4. The van der Waals surface area contributed by atoms with E-state index in [0.29, 0.717) is 6.54 Å². The normalized spacial score (nSPS) is 10.5. The van der Waals surface area contributed by atoms with Gasteiger partial charge in [0.2, 0.25) is 0 Å². The third-order valence-corrected chi connectivity index (χ3v) is 3.88.